The van der Waals surface area contributed by atoms with Crippen molar-refractivity contribution in [2.75, 3.05) is 21.3 Å². The van der Waals surface area contributed by atoms with E-state index in [-0.39, 0.29) is 35.9 Å². The zero-order valence-corrected chi connectivity index (χ0v) is 9.62. The Labute approximate surface area is 107 Å². The molecule has 0 spiro atoms. The average Bonchev–Trinajstić information content (AvgIpc) is 2.16. The standard InChI is InChI=1S/C9H11O3.Cu.Li/c1-10-7-4-8(11-2)6-9(5-7)12-3;;/h4-5H,1-3H3;;/q-1;+1;. The van der Waals surface area contributed by atoms with Crippen molar-refractivity contribution >= 4 is 18.9 Å². The third-order valence-corrected chi connectivity index (χ3v) is 1.47. The van der Waals surface area contributed by atoms with Gasteiger partial charge in [-0.15, -0.1) is 0 Å². The summed E-state index contributed by atoms with van der Waals surface area (Å²) in [6, 6.07) is 6.37. The van der Waals surface area contributed by atoms with Gasteiger partial charge in [0.2, 0.25) is 0 Å². The molecular formula is C9H11CuLiO3. The normalized spacial score (nSPS) is 7.93. The Morgan fingerprint density at radius 2 is 1.36 bits per heavy atom. The molecule has 0 saturated heterocycles. The summed E-state index contributed by atoms with van der Waals surface area (Å²) >= 11 is 0. The Morgan fingerprint density at radius 3 is 1.64 bits per heavy atom. The van der Waals surface area contributed by atoms with Crippen LogP contribution in [0.15, 0.2) is 12.1 Å². The molecule has 0 amide bonds. The van der Waals surface area contributed by atoms with Crippen LogP contribution in [-0.2, 0) is 17.1 Å². The van der Waals surface area contributed by atoms with E-state index in [0.29, 0.717) is 17.2 Å². The van der Waals surface area contributed by atoms with E-state index in [2.05, 4.69) is 6.07 Å². The maximum absolute atomic E-state index is 5.02. The van der Waals surface area contributed by atoms with Gasteiger partial charge in [-0.25, -0.2) is 0 Å². The molecule has 1 aromatic rings. The van der Waals surface area contributed by atoms with E-state index in [9.17, 15) is 0 Å². The van der Waals surface area contributed by atoms with Gasteiger partial charge in [0.05, 0.1) is 21.3 Å². The molecule has 0 aromatic heterocycles. The molecule has 77 valence electrons. The summed E-state index contributed by atoms with van der Waals surface area (Å²) in [7, 11) is 4.74. The molecule has 0 fully saturated rings. The quantitative estimate of drug-likeness (QED) is 0.583. The van der Waals surface area contributed by atoms with Crippen molar-refractivity contribution < 1.29 is 31.3 Å². The molecule has 0 unspecified atom stereocenters. The predicted octanol–water partition coefficient (Wildman–Crippen LogP) is 1.13. The van der Waals surface area contributed by atoms with Crippen LogP contribution in [0.4, 0.5) is 0 Å². The Balaban J connectivity index is 0. The van der Waals surface area contributed by atoms with Gasteiger partial charge in [0.15, 0.2) is 0 Å². The first-order chi connectivity index (χ1) is 5.80. The number of methoxy groups -OCH3 is 3. The minimum absolute atomic E-state index is 0. The van der Waals surface area contributed by atoms with Crippen LogP contribution in [0.3, 0.4) is 0 Å². The van der Waals surface area contributed by atoms with Gasteiger partial charge in [-0.1, -0.05) is 18.2 Å². The van der Waals surface area contributed by atoms with Crippen LogP contribution in [0.2, 0.25) is 0 Å². The molecule has 0 heterocycles. The number of benzene rings is 1. The third-order valence-electron chi connectivity index (χ3n) is 1.47. The number of hydrogen-bond acceptors (Lipinski definition) is 3. The van der Waals surface area contributed by atoms with Crippen LogP contribution in [0.25, 0.3) is 0 Å². The van der Waals surface area contributed by atoms with E-state index in [1.54, 1.807) is 33.5 Å². The first-order valence-electron chi connectivity index (χ1n) is 3.49. The van der Waals surface area contributed by atoms with Crippen molar-refractivity contribution in [2.24, 2.45) is 0 Å². The second-order valence-corrected chi connectivity index (χ2v) is 2.16. The zero-order valence-electron chi connectivity index (χ0n) is 8.68. The molecule has 0 atom stereocenters. The fraction of sp³-hybridized carbons (Fsp3) is 0.333. The molecule has 1 aromatic carbocycles. The van der Waals surface area contributed by atoms with E-state index in [1.165, 1.54) is 0 Å². The maximum atomic E-state index is 5.02. The van der Waals surface area contributed by atoms with Crippen molar-refractivity contribution in [3.8, 4) is 17.2 Å². The van der Waals surface area contributed by atoms with E-state index in [0.717, 1.165) is 0 Å². The van der Waals surface area contributed by atoms with Gasteiger partial charge in [0.1, 0.15) is 0 Å². The summed E-state index contributed by atoms with van der Waals surface area (Å²) in [5, 5.41) is 0. The monoisotopic (exact) mass is 237 g/mol. The Bertz CT molecular complexity index is 213. The third kappa shape index (κ3) is 4.30. The number of ether oxygens (including phenoxy) is 3. The zero-order chi connectivity index (χ0) is 8.97. The molecule has 5 heteroatoms. The molecule has 1 rings (SSSR count). The second kappa shape index (κ2) is 8.08. The summed E-state index contributed by atoms with van der Waals surface area (Å²) in [5.41, 5.74) is 0. The van der Waals surface area contributed by atoms with Crippen LogP contribution in [0.5, 0.6) is 17.2 Å². The van der Waals surface area contributed by atoms with Gasteiger partial charge >= 0.3 is 17.1 Å². The van der Waals surface area contributed by atoms with Crippen molar-refractivity contribution in [3.63, 3.8) is 0 Å². The van der Waals surface area contributed by atoms with E-state index in [4.69, 9.17) is 14.2 Å². The Hall–Kier alpha value is -0.263. The molecule has 14 heavy (non-hydrogen) atoms. The summed E-state index contributed by atoms with van der Waals surface area (Å²) in [6.45, 7) is 0. The van der Waals surface area contributed by atoms with E-state index >= 15 is 0 Å². The molecule has 1 radical (unpaired) electrons. The van der Waals surface area contributed by atoms with E-state index in [1.807, 2.05) is 0 Å². The van der Waals surface area contributed by atoms with Crippen molar-refractivity contribution in [2.45, 2.75) is 0 Å². The van der Waals surface area contributed by atoms with Gasteiger partial charge in [0, 0.05) is 36.1 Å². The molecule has 0 N–H and O–H groups in total. The van der Waals surface area contributed by atoms with Crippen LogP contribution in [0.1, 0.15) is 0 Å². The largest absolute Gasteiger partial charge is 1.00 e. The summed E-state index contributed by atoms with van der Waals surface area (Å²) < 4.78 is 15.0. The van der Waals surface area contributed by atoms with Gasteiger partial charge in [-0.2, -0.15) is 0 Å². The maximum Gasteiger partial charge on any atom is 1.00 e. The number of rotatable bonds is 3. The summed E-state index contributed by atoms with van der Waals surface area (Å²) in [5.74, 6) is 1.90. The van der Waals surface area contributed by atoms with E-state index < -0.39 is 0 Å². The van der Waals surface area contributed by atoms with Crippen molar-refractivity contribution in [3.05, 3.63) is 18.2 Å². The van der Waals surface area contributed by atoms with Crippen molar-refractivity contribution in [1.82, 2.24) is 0 Å². The van der Waals surface area contributed by atoms with Crippen LogP contribution in [-0.4, -0.2) is 40.2 Å². The van der Waals surface area contributed by atoms with Crippen LogP contribution in [0, 0.1) is 6.07 Å². The minimum Gasteiger partial charge on any atom is -0.522 e. The predicted molar refractivity (Wildman–Crippen MR) is 50.7 cm³/mol. The first-order valence-corrected chi connectivity index (χ1v) is 3.49. The SMILES string of the molecule is COc1[c-]c(OC)cc(OC)c1.[Cu+].[Li]. The number of hydrogen-bond donors (Lipinski definition) is 0. The average molecular weight is 238 g/mol. The molecule has 0 saturated carbocycles. The van der Waals surface area contributed by atoms with Gasteiger partial charge < -0.3 is 14.2 Å². The fourth-order valence-corrected chi connectivity index (χ4v) is 0.831. The minimum atomic E-state index is 0. The van der Waals surface area contributed by atoms with Crippen LogP contribution < -0.4 is 14.2 Å². The second-order valence-electron chi connectivity index (χ2n) is 2.16. The molecule has 3 nitrogen and oxygen atoms in total. The molecular weight excluding hydrogens is 227 g/mol. The molecule has 0 aliphatic heterocycles. The Kier molecular flexibility index (Phi) is 9.34. The van der Waals surface area contributed by atoms with Gasteiger partial charge in [0.25, 0.3) is 0 Å². The first kappa shape index (κ1) is 16.2. The Morgan fingerprint density at radius 1 is 0.929 bits per heavy atom. The summed E-state index contributed by atoms with van der Waals surface area (Å²) in [4.78, 5) is 0. The molecule has 0 bridgehead atoms. The van der Waals surface area contributed by atoms with Crippen molar-refractivity contribution in [1.29, 1.82) is 0 Å². The molecule has 0 aliphatic rings. The topological polar surface area (TPSA) is 27.7 Å². The molecule has 0 aliphatic carbocycles. The van der Waals surface area contributed by atoms with Gasteiger partial charge in [-0.05, 0) is 0 Å². The summed E-state index contributed by atoms with van der Waals surface area (Å²) in [6.07, 6.45) is 0. The fourth-order valence-electron chi connectivity index (χ4n) is 0.831. The smallest absolute Gasteiger partial charge is 0.522 e. The van der Waals surface area contributed by atoms with Gasteiger partial charge in [-0.3, -0.25) is 0 Å². The van der Waals surface area contributed by atoms with Crippen LogP contribution >= 0.6 is 0 Å².